The van der Waals surface area contributed by atoms with Gasteiger partial charge in [0.05, 0.1) is 11.9 Å². The zero-order chi connectivity index (χ0) is 11.7. The van der Waals surface area contributed by atoms with Crippen molar-refractivity contribution in [1.29, 1.82) is 0 Å². The molecule has 0 amide bonds. The van der Waals surface area contributed by atoms with E-state index in [9.17, 15) is 0 Å². The van der Waals surface area contributed by atoms with Gasteiger partial charge in [-0.3, -0.25) is 4.98 Å². The molecule has 17 heavy (non-hydrogen) atoms. The molecule has 4 heteroatoms. The zero-order valence-corrected chi connectivity index (χ0v) is 9.88. The molecular weight excluding hydrogens is 214 g/mol. The number of fused-ring (bicyclic) bond motifs is 2. The van der Waals surface area contributed by atoms with Gasteiger partial charge in [-0.25, -0.2) is 4.98 Å². The summed E-state index contributed by atoms with van der Waals surface area (Å²) in [4.78, 5) is 11.3. The fourth-order valence-electron chi connectivity index (χ4n) is 2.87. The maximum Gasteiger partial charge on any atom is 0.232 e. The molecule has 4 nitrogen and oxygen atoms in total. The second-order valence-electron chi connectivity index (χ2n) is 4.80. The minimum Gasteiger partial charge on any atom is -0.472 e. The molecule has 1 aromatic heterocycles. The van der Waals surface area contributed by atoms with Gasteiger partial charge in [-0.15, -0.1) is 0 Å². The average molecular weight is 231 g/mol. The van der Waals surface area contributed by atoms with Crippen LogP contribution < -0.4 is 4.74 Å². The van der Waals surface area contributed by atoms with Crippen LogP contribution in [0.25, 0.3) is 0 Å². The highest BCUT2D eigenvalue weighted by atomic mass is 16.5. The van der Waals surface area contributed by atoms with E-state index < -0.39 is 0 Å². The van der Waals surface area contributed by atoms with Gasteiger partial charge in [-0.1, -0.05) is 12.7 Å². The molecule has 2 aliphatic heterocycles. The molecule has 0 aliphatic carbocycles. The number of hydrogen-bond donors (Lipinski definition) is 0. The molecule has 2 fully saturated rings. The van der Waals surface area contributed by atoms with E-state index in [-0.39, 0.29) is 0 Å². The van der Waals surface area contributed by atoms with Gasteiger partial charge in [0.15, 0.2) is 0 Å². The Morgan fingerprint density at radius 2 is 2.41 bits per heavy atom. The van der Waals surface area contributed by atoms with Crippen LogP contribution in [0.3, 0.4) is 0 Å². The second kappa shape index (κ2) is 4.45. The van der Waals surface area contributed by atoms with E-state index in [2.05, 4.69) is 21.4 Å². The first kappa shape index (κ1) is 10.7. The summed E-state index contributed by atoms with van der Waals surface area (Å²) >= 11 is 0. The third-order valence-electron chi connectivity index (χ3n) is 3.69. The van der Waals surface area contributed by atoms with Gasteiger partial charge in [0.1, 0.15) is 6.61 Å². The van der Waals surface area contributed by atoms with E-state index in [1.54, 1.807) is 12.3 Å². The summed E-state index contributed by atoms with van der Waals surface area (Å²) in [6, 6.07) is 0. The standard InChI is InChI=1S/C13H17N3O/c1-2-5-17-13-7-14-6-12(15-13)11-9-16-4-3-10(11)8-16/h2,6-7,10-11H,1,3-5,8-9H2/t10-,11-/m1/s1. The lowest BCUT2D eigenvalue weighted by molar-refractivity contribution is 0.330. The summed E-state index contributed by atoms with van der Waals surface area (Å²) in [6.07, 6.45) is 6.56. The maximum absolute atomic E-state index is 5.43. The topological polar surface area (TPSA) is 38.2 Å². The molecule has 3 atom stereocenters. The lowest BCUT2D eigenvalue weighted by Gasteiger charge is -2.21. The maximum atomic E-state index is 5.43. The molecule has 2 saturated heterocycles. The predicted molar refractivity (Wildman–Crippen MR) is 65.0 cm³/mol. The highest BCUT2D eigenvalue weighted by Gasteiger charge is 2.39. The molecule has 2 aliphatic rings. The molecule has 3 rings (SSSR count). The van der Waals surface area contributed by atoms with Crippen LogP contribution in [-0.2, 0) is 0 Å². The second-order valence-corrected chi connectivity index (χ2v) is 4.80. The number of hydrogen-bond acceptors (Lipinski definition) is 4. The lowest BCUT2D eigenvalue weighted by atomic mass is 9.90. The number of nitrogens with zero attached hydrogens (tertiary/aromatic N) is 3. The first-order valence-corrected chi connectivity index (χ1v) is 6.15. The van der Waals surface area contributed by atoms with Crippen molar-refractivity contribution in [2.24, 2.45) is 5.92 Å². The smallest absolute Gasteiger partial charge is 0.232 e. The predicted octanol–water partition coefficient (Wildman–Crippen LogP) is 1.46. The van der Waals surface area contributed by atoms with Gasteiger partial charge >= 0.3 is 0 Å². The summed E-state index contributed by atoms with van der Waals surface area (Å²) in [7, 11) is 0. The minimum atomic E-state index is 0.484. The van der Waals surface area contributed by atoms with Crippen molar-refractivity contribution in [3.8, 4) is 5.88 Å². The summed E-state index contributed by atoms with van der Waals surface area (Å²) in [5.74, 6) is 1.92. The van der Waals surface area contributed by atoms with Crippen LogP contribution in [-0.4, -0.2) is 41.1 Å². The lowest BCUT2D eigenvalue weighted by Crippen LogP contribution is -2.22. The number of aromatic nitrogens is 2. The highest BCUT2D eigenvalue weighted by molar-refractivity contribution is 5.17. The first-order valence-electron chi connectivity index (χ1n) is 6.15. The zero-order valence-electron chi connectivity index (χ0n) is 9.88. The Hall–Kier alpha value is -1.42. The van der Waals surface area contributed by atoms with Crippen molar-refractivity contribution in [3.05, 3.63) is 30.7 Å². The molecular formula is C13H17N3O. The molecule has 1 aromatic rings. The largest absolute Gasteiger partial charge is 0.472 e. The van der Waals surface area contributed by atoms with Gasteiger partial charge in [0.2, 0.25) is 5.88 Å². The molecule has 2 bridgehead atoms. The van der Waals surface area contributed by atoms with E-state index in [0.717, 1.165) is 18.2 Å². The first-order chi connectivity index (χ1) is 8.36. The van der Waals surface area contributed by atoms with E-state index in [1.165, 1.54) is 19.5 Å². The molecule has 0 N–H and O–H groups in total. The van der Waals surface area contributed by atoms with Crippen molar-refractivity contribution in [2.45, 2.75) is 12.3 Å². The Balaban J connectivity index is 1.76. The molecule has 0 radical (unpaired) electrons. The van der Waals surface area contributed by atoms with Crippen molar-refractivity contribution in [3.63, 3.8) is 0 Å². The van der Waals surface area contributed by atoms with Crippen molar-refractivity contribution < 1.29 is 4.74 Å². The molecule has 0 saturated carbocycles. The summed E-state index contributed by atoms with van der Waals surface area (Å²) < 4.78 is 5.43. The molecule has 0 spiro atoms. The van der Waals surface area contributed by atoms with Gasteiger partial charge in [0, 0.05) is 25.2 Å². The Labute approximate surface area is 101 Å². The van der Waals surface area contributed by atoms with Gasteiger partial charge in [0.25, 0.3) is 0 Å². The number of ether oxygens (including phenoxy) is 1. The van der Waals surface area contributed by atoms with Gasteiger partial charge in [-0.05, 0) is 18.9 Å². The van der Waals surface area contributed by atoms with Gasteiger partial charge in [-0.2, -0.15) is 0 Å². The summed E-state index contributed by atoms with van der Waals surface area (Å²) in [6.45, 7) is 7.72. The number of piperidine rings is 1. The third-order valence-corrected chi connectivity index (χ3v) is 3.69. The SMILES string of the molecule is C=CCOc1cncc([C@@H]2CN3CC[C@@H]2C3)n1. The Morgan fingerprint density at radius 3 is 3.12 bits per heavy atom. The molecule has 0 aromatic carbocycles. The average Bonchev–Trinajstić information content (AvgIpc) is 2.99. The van der Waals surface area contributed by atoms with E-state index >= 15 is 0 Å². The Morgan fingerprint density at radius 1 is 1.47 bits per heavy atom. The van der Waals surface area contributed by atoms with Crippen LogP contribution in [0, 0.1) is 5.92 Å². The molecule has 1 unspecified atom stereocenters. The molecule has 90 valence electrons. The van der Waals surface area contributed by atoms with Crippen LogP contribution in [0.15, 0.2) is 25.0 Å². The summed E-state index contributed by atoms with van der Waals surface area (Å²) in [5, 5.41) is 0. The summed E-state index contributed by atoms with van der Waals surface area (Å²) in [5.41, 5.74) is 1.08. The van der Waals surface area contributed by atoms with E-state index in [0.29, 0.717) is 18.4 Å². The fourth-order valence-corrected chi connectivity index (χ4v) is 2.87. The monoisotopic (exact) mass is 231 g/mol. The third kappa shape index (κ3) is 2.05. The molecule has 3 heterocycles. The van der Waals surface area contributed by atoms with Crippen LogP contribution in [0.2, 0.25) is 0 Å². The number of rotatable bonds is 4. The Kier molecular flexibility index (Phi) is 2.81. The fraction of sp³-hybridized carbons (Fsp3) is 0.538. The van der Waals surface area contributed by atoms with E-state index in [4.69, 9.17) is 4.74 Å². The minimum absolute atomic E-state index is 0.484. The van der Waals surface area contributed by atoms with Crippen LogP contribution in [0.5, 0.6) is 5.88 Å². The van der Waals surface area contributed by atoms with Crippen LogP contribution in [0.1, 0.15) is 18.0 Å². The van der Waals surface area contributed by atoms with Gasteiger partial charge < -0.3 is 9.64 Å². The van der Waals surface area contributed by atoms with Crippen LogP contribution in [0.4, 0.5) is 0 Å². The van der Waals surface area contributed by atoms with Crippen molar-refractivity contribution in [1.82, 2.24) is 14.9 Å². The quantitative estimate of drug-likeness (QED) is 0.735. The van der Waals surface area contributed by atoms with Crippen molar-refractivity contribution in [2.75, 3.05) is 26.2 Å². The highest BCUT2D eigenvalue weighted by Crippen LogP contribution is 2.38. The van der Waals surface area contributed by atoms with E-state index in [1.807, 2.05) is 6.20 Å². The van der Waals surface area contributed by atoms with Crippen molar-refractivity contribution >= 4 is 0 Å². The Bertz CT molecular complexity index is 421. The normalized spacial score (nSPS) is 30.5. The van der Waals surface area contributed by atoms with Crippen LogP contribution >= 0.6 is 0 Å².